The van der Waals surface area contributed by atoms with Crippen LogP contribution in [0.2, 0.25) is 0 Å². The van der Waals surface area contributed by atoms with E-state index in [9.17, 15) is 4.79 Å². The molecular formula is C18H27N5O. The molecule has 3 heterocycles. The van der Waals surface area contributed by atoms with Crippen LogP contribution in [-0.2, 0) is 17.6 Å². The minimum Gasteiger partial charge on any atom is -0.352 e. The molecule has 0 saturated carbocycles. The number of carbonyl (C=O) groups is 1. The summed E-state index contributed by atoms with van der Waals surface area (Å²) in [6.45, 7) is 6.96. The first-order valence-corrected chi connectivity index (χ1v) is 9.17. The van der Waals surface area contributed by atoms with Gasteiger partial charge < -0.3 is 9.80 Å². The number of amides is 1. The Hall–Kier alpha value is -1.69. The molecule has 1 aromatic rings. The van der Waals surface area contributed by atoms with Gasteiger partial charge in [0.25, 0.3) is 0 Å². The summed E-state index contributed by atoms with van der Waals surface area (Å²) in [6, 6.07) is 2.99. The van der Waals surface area contributed by atoms with Gasteiger partial charge in [-0.05, 0) is 58.2 Å². The number of likely N-dealkylation sites (N-methyl/N-ethyl adjacent to an activating group) is 1. The molecule has 3 aliphatic rings. The Kier molecular flexibility index (Phi) is 3.95. The van der Waals surface area contributed by atoms with Gasteiger partial charge in [0, 0.05) is 31.7 Å². The minimum absolute atomic E-state index is 0.0469. The van der Waals surface area contributed by atoms with Crippen LogP contribution in [0.3, 0.4) is 0 Å². The second kappa shape index (κ2) is 5.99. The summed E-state index contributed by atoms with van der Waals surface area (Å²) in [7, 11) is 2.10. The second-order valence-corrected chi connectivity index (χ2v) is 7.68. The summed E-state index contributed by atoms with van der Waals surface area (Å²) in [5, 5.41) is 8.78. The van der Waals surface area contributed by atoms with Crippen molar-refractivity contribution in [1.29, 1.82) is 0 Å². The van der Waals surface area contributed by atoms with Crippen molar-refractivity contribution in [2.24, 2.45) is 0 Å². The van der Waals surface area contributed by atoms with E-state index in [1.807, 2.05) is 4.90 Å². The van der Waals surface area contributed by atoms with Crippen LogP contribution in [0.1, 0.15) is 37.9 Å². The molecule has 0 aromatic carbocycles. The maximum atomic E-state index is 12.6. The maximum Gasteiger partial charge on any atom is 0.240 e. The normalized spacial score (nSPS) is 24.2. The van der Waals surface area contributed by atoms with Crippen molar-refractivity contribution in [3.05, 3.63) is 17.3 Å². The third kappa shape index (κ3) is 2.57. The van der Waals surface area contributed by atoms with Gasteiger partial charge in [-0.3, -0.25) is 9.69 Å². The Morgan fingerprint density at radius 3 is 2.75 bits per heavy atom. The Labute approximate surface area is 143 Å². The molecule has 1 aromatic heterocycles. The predicted octanol–water partition coefficient (Wildman–Crippen LogP) is 1.09. The maximum absolute atomic E-state index is 12.6. The molecule has 2 fully saturated rings. The molecule has 6 nitrogen and oxygen atoms in total. The number of nitrogens with zero attached hydrogens (tertiary/aromatic N) is 5. The van der Waals surface area contributed by atoms with Gasteiger partial charge in [0.15, 0.2) is 5.82 Å². The van der Waals surface area contributed by atoms with Crippen molar-refractivity contribution >= 4 is 11.7 Å². The van der Waals surface area contributed by atoms with Crippen molar-refractivity contribution in [2.75, 3.05) is 31.6 Å². The highest BCUT2D eigenvalue weighted by molar-refractivity contribution is 5.84. The predicted molar refractivity (Wildman–Crippen MR) is 93.1 cm³/mol. The minimum atomic E-state index is 0.0469. The van der Waals surface area contributed by atoms with Gasteiger partial charge in [-0.1, -0.05) is 0 Å². The highest BCUT2D eigenvalue weighted by atomic mass is 16.2. The van der Waals surface area contributed by atoms with E-state index < -0.39 is 0 Å². The van der Waals surface area contributed by atoms with E-state index in [1.165, 1.54) is 17.7 Å². The van der Waals surface area contributed by atoms with Crippen molar-refractivity contribution < 1.29 is 4.79 Å². The van der Waals surface area contributed by atoms with Crippen LogP contribution in [-0.4, -0.2) is 70.7 Å². The number of aromatic nitrogens is 2. The number of fused-ring (bicyclic) bond motifs is 1. The Balaban J connectivity index is 1.36. The molecule has 4 rings (SSSR count). The van der Waals surface area contributed by atoms with Crippen molar-refractivity contribution in [1.82, 2.24) is 20.0 Å². The first-order chi connectivity index (χ1) is 11.5. The van der Waals surface area contributed by atoms with Crippen LogP contribution in [0, 0.1) is 0 Å². The number of anilines is 1. The lowest BCUT2D eigenvalue weighted by Gasteiger charge is -2.46. The Morgan fingerprint density at radius 2 is 2.04 bits per heavy atom. The van der Waals surface area contributed by atoms with Gasteiger partial charge in [-0.15, -0.1) is 5.10 Å². The summed E-state index contributed by atoms with van der Waals surface area (Å²) < 4.78 is 0. The zero-order valence-corrected chi connectivity index (χ0v) is 14.9. The molecule has 1 unspecified atom stereocenters. The first-order valence-electron chi connectivity index (χ1n) is 9.17. The summed E-state index contributed by atoms with van der Waals surface area (Å²) in [6.07, 6.45) is 4.36. The van der Waals surface area contributed by atoms with Crippen LogP contribution < -0.4 is 4.90 Å². The van der Waals surface area contributed by atoms with Gasteiger partial charge >= 0.3 is 0 Å². The number of rotatable bonds is 4. The highest BCUT2D eigenvalue weighted by Crippen LogP contribution is 2.28. The molecule has 1 amide bonds. The van der Waals surface area contributed by atoms with Gasteiger partial charge in [-0.25, -0.2) is 0 Å². The van der Waals surface area contributed by atoms with E-state index in [0.717, 1.165) is 44.7 Å². The van der Waals surface area contributed by atoms with E-state index in [4.69, 9.17) is 0 Å². The smallest absolute Gasteiger partial charge is 0.240 e. The van der Waals surface area contributed by atoms with Crippen molar-refractivity contribution in [2.45, 2.75) is 57.7 Å². The van der Waals surface area contributed by atoms with Crippen LogP contribution in [0.4, 0.5) is 5.82 Å². The summed E-state index contributed by atoms with van der Waals surface area (Å²) >= 11 is 0. The number of aryl methyl sites for hydroxylation is 2. The SMILES string of the molecule is CC(C)N1CCC(N(C)C2CN(c3cc4c(nn3)CCC4)C2)C1=O. The van der Waals surface area contributed by atoms with Gasteiger partial charge in [0.2, 0.25) is 5.91 Å². The molecular weight excluding hydrogens is 302 g/mol. The Morgan fingerprint density at radius 1 is 1.25 bits per heavy atom. The summed E-state index contributed by atoms with van der Waals surface area (Å²) in [5.74, 6) is 1.30. The fourth-order valence-electron chi connectivity index (χ4n) is 4.20. The molecule has 6 heteroatoms. The number of likely N-dealkylation sites (tertiary alicyclic amines) is 1. The fourth-order valence-corrected chi connectivity index (χ4v) is 4.20. The fraction of sp³-hybridized carbons (Fsp3) is 0.722. The summed E-state index contributed by atoms with van der Waals surface area (Å²) in [5.41, 5.74) is 2.55. The molecule has 24 heavy (non-hydrogen) atoms. The number of hydrogen-bond donors (Lipinski definition) is 0. The van der Waals surface area contributed by atoms with Gasteiger partial charge in [0.05, 0.1) is 11.7 Å². The average molecular weight is 329 g/mol. The van der Waals surface area contributed by atoms with Gasteiger partial charge in [0.1, 0.15) is 0 Å². The van der Waals surface area contributed by atoms with Gasteiger partial charge in [-0.2, -0.15) is 5.10 Å². The molecule has 1 atom stereocenters. The standard InChI is InChI=1S/C18H27N5O/c1-12(2)23-8-7-16(18(23)24)21(3)14-10-22(11-14)17-9-13-5-4-6-15(13)19-20-17/h9,12,14,16H,4-8,10-11H2,1-3H3. The van der Waals surface area contributed by atoms with E-state index in [0.29, 0.717) is 18.0 Å². The Bertz CT molecular complexity index is 640. The van der Waals surface area contributed by atoms with Crippen LogP contribution in [0.25, 0.3) is 0 Å². The third-order valence-corrected chi connectivity index (χ3v) is 5.90. The molecule has 130 valence electrons. The third-order valence-electron chi connectivity index (χ3n) is 5.90. The molecule has 0 bridgehead atoms. The zero-order chi connectivity index (χ0) is 16.8. The van der Waals surface area contributed by atoms with Crippen molar-refractivity contribution in [3.8, 4) is 0 Å². The van der Waals surface area contributed by atoms with E-state index in [-0.39, 0.29) is 6.04 Å². The van der Waals surface area contributed by atoms with E-state index in [2.05, 4.69) is 47.0 Å². The molecule has 2 aliphatic heterocycles. The summed E-state index contributed by atoms with van der Waals surface area (Å²) in [4.78, 5) is 19.1. The lowest BCUT2D eigenvalue weighted by atomic mass is 10.0. The van der Waals surface area contributed by atoms with E-state index >= 15 is 0 Å². The quantitative estimate of drug-likeness (QED) is 0.828. The highest BCUT2D eigenvalue weighted by Gasteiger charge is 2.41. The van der Waals surface area contributed by atoms with Crippen molar-refractivity contribution in [3.63, 3.8) is 0 Å². The number of hydrogen-bond acceptors (Lipinski definition) is 5. The first kappa shape index (κ1) is 15.8. The van der Waals surface area contributed by atoms with E-state index in [1.54, 1.807) is 0 Å². The molecule has 0 spiro atoms. The molecule has 0 radical (unpaired) electrons. The lowest BCUT2D eigenvalue weighted by Crippen LogP contribution is -2.62. The molecule has 1 aliphatic carbocycles. The lowest BCUT2D eigenvalue weighted by molar-refractivity contribution is -0.133. The number of carbonyl (C=O) groups excluding carboxylic acids is 1. The monoisotopic (exact) mass is 329 g/mol. The molecule has 0 N–H and O–H groups in total. The van der Waals surface area contributed by atoms with Crippen LogP contribution >= 0.6 is 0 Å². The zero-order valence-electron chi connectivity index (χ0n) is 14.9. The average Bonchev–Trinajstić information content (AvgIpc) is 3.11. The largest absolute Gasteiger partial charge is 0.352 e. The molecule has 2 saturated heterocycles. The van der Waals surface area contributed by atoms with Crippen LogP contribution in [0.5, 0.6) is 0 Å². The topological polar surface area (TPSA) is 52.6 Å². The second-order valence-electron chi connectivity index (χ2n) is 7.68. The van der Waals surface area contributed by atoms with Crippen LogP contribution in [0.15, 0.2) is 6.07 Å².